The molecule has 1 aliphatic rings. The molecule has 0 atom stereocenters. The van der Waals surface area contributed by atoms with Gasteiger partial charge in [-0.05, 0) is 58.4 Å². The van der Waals surface area contributed by atoms with Crippen LogP contribution in [0.25, 0.3) is 0 Å². The number of amides is 1. The van der Waals surface area contributed by atoms with Gasteiger partial charge in [-0.1, -0.05) is 0 Å². The third kappa shape index (κ3) is 4.16. The lowest BCUT2D eigenvalue weighted by Crippen LogP contribution is -2.50. The van der Waals surface area contributed by atoms with Crippen molar-refractivity contribution >= 4 is 31.9 Å². The smallest absolute Gasteiger partial charge is 0.253 e. The summed E-state index contributed by atoms with van der Waals surface area (Å²) in [5, 5.41) is 0. The van der Waals surface area contributed by atoms with Crippen LogP contribution in [0.1, 0.15) is 10.4 Å². The number of sulfonamides is 1. The lowest BCUT2D eigenvalue weighted by Gasteiger charge is -2.34. The first-order chi connectivity index (χ1) is 13.4. The zero-order chi connectivity index (χ0) is 20.3. The van der Waals surface area contributed by atoms with Crippen molar-refractivity contribution in [3.05, 3.63) is 52.5 Å². The van der Waals surface area contributed by atoms with Crippen LogP contribution in [0, 0.1) is 0 Å². The highest BCUT2D eigenvalue weighted by Crippen LogP contribution is 2.26. The summed E-state index contributed by atoms with van der Waals surface area (Å²) < 4.78 is 38.0. The van der Waals surface area contributed by atoms with Crippen LogP contribution in [-0.2, 0) is 10.0 Å². The maximum Gasteiger partial charge on any atom is 0.253 e. The van der Waals surface area contributed by atoms with E-state index in [0.29, 0.717) is 34.6 Å². The average Bonchev–Trinajstić information content (AvgIpc) is 2.73. The Bertz CT molecular complexity index is 955. The van der Waals surface area contributed by atoms with Crippen molar-refractivity contribution in [1.29, 1.82) is 0 Å². The molecule has 0 saturated carbocycles. The highest BCUT2D eigenvalue weighted by atomic mass is 79.9. The van der Waals surface area contributed by atoms with Crippen molar-refractivity contribution in [2.75, 3.05) is 40.4 Å². The van der Waals surface area contributed by atoms with Gasteiger partial charge >= 0.3 is 0 Å². The Kier molecular flexibility index (Phi) is 6.26. The van der Waals surface area contributed by atoms with Gasteiger partial charge in [0.2, 0.25) is 10.0 Å². The van der Waals surface area contributed by atoms with Crippen LogP contribution in [0.2, 0.25) is 0 Å². The fraction of sp³-hybridized carbons (Fsp3) is 0.316. The monoisotopic (exact) mass is 468 g/mol. The van der Waals surface area contributed by atoms with Crippen molar-refractivity contribution in [1.82, 2.24) is 9.21 Å². The lowest BCUT2D eigenvalue weighted by molar-refractivity contribution is 0.0698. The molecule has 0 bridgehead atoms. The first-order valence-corrected chi connectivity index (χ1v) is 10.9. The highest BCUT2D eigenvalue weighted by Gasteiger charge is 2.30. The molecular weight excluding hydrogens is 448 g/mol. The van der Waals surface area contributed by atoms with Gasteiger partial charge in [-0.25, -0.2) is 8.42 Å². The van der Waals surface area contributed by atoms with Crippen molar-refractivity contribution in [2.45, 2.75) is 4.90 Å². The van der Waals surface area contributed by atoms with Crippen LogP contribution in [0.5, 0.6) is 11.5 Å². The number of hydrogen-bond acceptors (Lipinski definition) is 5. The van der Waals surface area contributed by atoms with E-state index in [1.807, 2.05) is 0 Å². The molecule has 2 aromatic rings. The molecule has 9 heteroatoms. The average molecular weight is 469 g/mol. The Morgan fingerprint density at radius 1 is 0.964 bits per heavy atom. The number of methoxy groups -OCH3 is 2. The minimum Gasteiger partial charge on any atom is -0.497 e. The van der Waals surface area contributed by atoms with Gasteiger partial charge in [0.05, 0.1) is 23.6 Å². The molecule has 1 amide bonds. The van der Waals surface area contributed by atoms with Crippen LogP contribution < -0.4 is 9.47 Å². The van der Waals surface area contributed by atoms with Gasteiger partial charge < -0.3 is 14.4 Å². The van der Waals surface area contributed by atoms with Crippen molar-refractivity contribution < 1.29 is 22.7 Å². The minimum absolute atomic E-state index is 0.134. The van der Waals surface area contributed by atoms with E-state index >= 15 is 0 Å². The summed E-state index contributed by atoms with van der Waals surface area (Å²) in [5.74, 6) is 1.11. The maximum atomic E-state index is 12.8. The molecule has 0 aromatic heterocycles. The van der Waals surface area contributed by atoms with E-state index < -0.39 is 10.0 Å². The highest BCUT2D eigenvalue weighted by molar-refractivity contribution is 9.10. The second kappa shape index (κ2) is 8.50. The molecule has 28 heavy (non-hydrogen) atoms. The van der Waals surface area contributed by atoms with E-state index in [4.69, 9.17) is 9.47 Å². The number of halogens is 1. The van der Waals surface area contributed by atoms with Gasteiger partial charge in [0, 0.05) is 31.7 Å². The second-order valence-corrected chi connectivity index (χ2v) is 9.01. The quantitative estimate of drug-likeness (QED) is 0.673. The Labute approximate surface area is 173 Å². The number of rotatable bonds is 5. The van der Waals surface area contributed by atoms with Gasteiger partial charge in [0.15, 0.2) is 0 Å². The van der Waals surface area contributed by atoms with E-state index in [0.717, 1.165) is 0 Å². The van der Waals surface area contributed by atoms with E-state index in [9.17, 15) is 13.2 Å². The zero-order valence-electron chi connectivity index (χ0n) is 15.6. The summed E-state index contributed by atoms with van der Waals surface area (Å²) in [6, 6.07) is 11.4. The molecule has 0 N–H and O–H groups in total. The van der Waals surface area contributed by atoms with Crippen molar-refractivity contribution in [3.8, 4) is 11.5 Å². The molecule has 150 valence electrons. The Morgan fingerprint density at radius 2 is 1.61 bits per heavy atom. The number of piperazine rings is 1. The van der Waals surface area contributed by atoms with E-state index in [1.165, 1.54) is 23.5 Å². The Balaban J connectivity index is 1.67. The van der Waals surface area contributed by atoms with Crippen LogP contribution in [0.4, 0.5) is 0 Å². The standard InChI is InChI=1S/C19H21BrN2O5S/c1-26-15-4-6-16(7-5-15)28(24,25)22-11-9-21(10-12-22)19(23)14-3-8-18(27-2)17(20)13-14/h3-8,13H,9-12H2,1-2H3. The minimum atomic E-state index is -3.60. The van der Waals surface area contributed by atoms with Gasteiger partial charge in [-0.15, -0.1) is 0 Å². The van der Waals surface area contributed by atoms with Crippen molar-refractivity contribution in [3.63, 3.8) is 0 Å². The SMILES string of the molecule is COc1ccc(S(=O)(=O)N2CCN(C(=O)c3ccc(OC)c(Br)c3)CC2)cc1. The molecule has 0 spiro atoms. The third-order valence-electron chi connectivity index (χ3n) is 4.62. The molecule has 3 rings (SSSR count). The zero-order valence-corrected chi connectivity index (χ0v) is 18.0. The molecule has 2 aromatic carbocycles. The van der Waals surface area contributed by atoms with Crippen LogP contribution in [-0.4, -0.2) is 63.9 Å². The molecule has 0 aliphatic carbocycles. The second-order valence-electron chi connectivity index (χ2n) is 6.22. The van der Waals surface area contributed by atoms with Crippen LogP contribution in [0.3, 0.4) is 0 Å². The number of nitrogens with zero attached hydrogens (tertiary/aromatic N) is 2. The number of ether oxygens (including phenoxy) is 2. The summed E-state index contributed by atoms with van der Waals surface area (Å²) in [7, 11) is -0.512. The largest absolute Gasteiger partial charge is 0.497 e. The summed E-state index contributed by atoms with van der Waals surface area (Å²) in [5.41, 5.74) is 0.527. The molecule has 1 fully saturated rings. The predicted molar refractivity (Wildman–Crippen MR) is 108 cm³/mol. The fourth-order valence-corrected chi connectivity index (χ4v) is 4.97. The Hall–Kier alpha value is -2.10. The van der Waals surface area contributed by atoms with Crippen molar-refractivity contribution in [2.24, 2.45) is 0 Å². The van der Waals surface area contributed by atoms with Gasteiger partial charge in [0.1, 0.15) is 11.5 Å². The molecule has 1 aliphatic heterocycles. The maximum absolute atomic E-state index is 12.8. The Morgan fingerprint density at radius 3 is 2.14 bits per heavy atom. The van der Waals surface area contributed by atoms with E-state index in [-0.39, 0.29) is 23.9 Å². The molecule has 0 radical (unpaired) electrons. The fourth-order valence-electron chi connectivity index (χ4n) is 3.01. The summed E-state index contributed by atoms with van der Waals surface area (Å²) in [6.45, 7) is 1.16. The summed E-state index contributed by atoms with van der Waals surface area (Å²) >= 11 is 3.38. The topological polar surface area (TPSA) is 76.2 Å². The van der Waals surface area contributed by atoms with Crippen LogP contribution >= 0.6 is 15.9 Å². The molecule has 7 nitrogen and oxygen atoms in total. The third-order valence-corrected chi connectivity index (χ3v) is 7.15. The predicted octanol–water partition coefficient (Wildman–Crippen LogP) is 2.61. The molecule has 0 unspecified atom stereocenters. The summed E-state index contributed by atoms with van der Waals surface area (Å²) in [6.07, 6.45) is 0. The first kappa shape index (κ1) is 20.6. The van der Waals surface area contributed by atoms with Gasteiger partial charge in [0.25, 0.3) is 5.91 Å². The first-order valence-electron chi connectivity index (χ1n) is 8.64. The van der Waals surface area contributed by atoms with Gasteiger partial charge in [-0.2, -0.15) is 4.31 Å². The number of carbonyl (C=O) groups excluding carboxylic acids is 1. The lowest BCUT2D eigenvalue weighted by atomic mass is 10.2. The van der Waals surface area contributed by atoms with E-state index in [2.05, 4.69) is 15.9 Å². The van der Waals surface area contributed by atoms with Gasteiger partial charge in [-0.3, -0.25) is 4.79 Å². The normalized spacial score (nSPS) is 15.3. The number of hydrogen-bond donors (Lipinski definition) is 0. The van der Waals surface area contributed by atoms with E-state index in [1.54, 1.807) is 42.3 Å². The van der Waals surface area contributed by atoms with Crippen LogP contribution in [0.15, 0.2) is 51.8 Å². The number of benzene rings is 2. The molecular formula is C19H21BrN2O5S. The summed E-state index contributed by atoms with van der Waals surface area (Å²) in [4.78, 5) is 14.6. The molecule has 1 saturated heterocycles. The number of carbonyl (C=O) groups is 1. The molecule has 1 heterocycles.